The molecule has 2 aliphatic heterocycles. The van der Waals surface area contributed by atoms with Gasteiger partial charge in [-0.15, -0.1) is 0 Å². The van der Waals surface area contributed by atoms with E-state index in [1.807, 2.05) is 12.1 Å². The molecule has 3 aromatic carbocycles. The van der Waals surface area contributed by atoms with Crippen LogP contribution < -0.4 is 4.90 Å². The normalized spacial score (nSPS) is 18.3. The van der Waals surface area contributed by atoms with Crippen molar-refractivity contribution in [3.63, 3.8) is 0 Å². The Labute approximate surface area is 219 Å². The van der Waals surface area contributed by atoms with Crippen LogP contribution in [0.5, 0.6) is 0 Å². The Bertz CT molecular complexity index is 1340. The summed E-state index contributed by atoms with van der Waals surface area (Å²) < 4.78 is 14.2. The second kappa shape index (κ2) is 10.5. The maximum absolute atomic E-state index is 14.2. The van der Waals surface area contributed by atoms with E-state index in [9.17, 15) is 9.18 Å². The lowest BCUT2D eigenvalue weighted by atomic mass is 9.93. The van der Waals surface area contributed by atoms with Gasteiger partial charge in [-0.3, -0.25) is 9.69 Å². The minimum Gasteiger partial charge on any atom is -0.367 e. The summed E-state index contributed by atoms with van der Waals surface area (Å²) in [5, 5.41) is 6.63. The van der Waals surface area contributed by atoms with Gasteiger partial charge in [0.25, 0.3) is 5.91 Å². The van der Waals surface area contributed by atoms with Crippen LogP contribution in [0.3, 0.4) is 0 Å². The summed E-state index contributed by atoms with van der Waals surface area (Å²) in [6.07, 6.45) is 0.694. The summed E-state index contributed by atoms with van der Waals surface area (Å²) in [4.78, 5) is 17.9. The Morgan fingerprint density at radius 1 is 0.892 bits per heavy atom. The average Bonchev–Trinajstić information content (AvgIpc) is 3.33. The third kappa shape index (κ3) is 5.30. The fourth-order valence-electron chi connectivity index (χ4n) is 5.32. The Morgan fingerprint density at radius 2 is 1.62 bits per heavy atom. The smallest absolute Gasteiger partial charge is 0.257 e. The van der Waals surface area contributed by atoms with Crippen molar-refractivity contribution < 1.29 is 9.18 Å². The number of carbonyl (C=O) groups is 1. The van der Waals surface area contributed by atoms with E-state index in [0.29, 0.717) is 44.8 Å². The molecule has 1 atom stereocenters. The Hall–Kier alpha value is -3.51. The van der Waals surface area contributed by atoms with Gasteiger partial charge in [0.2, 0.25) is 0 Å². The zero-order valence-electron chi connectivity index (χ0n) is 22.2. The summed E-state index contributed by atoms with van der Waals surface area (Å²) in [6.45, 7) is 11.5. The van der Waals surface area contributed by atoms with E-state index in [1.54, 1.807) is 11.1 Å². The highest BCUT2D eigenvalue weighted by molar-refractivity contribution is 6.03. The lowest BCUT2D eigenvalue weighted by Crippen LogP contribution is -2.49. The van der Waals surface area contributed by atoms with Crippen LogP contribution in [0.15, 0.2) is 65.8 Å². The highest BCUT2D eigenvalue weighted by Crippen LogP contribution is 2.35. The highest BCUT2D eigenvalue weighted by Gasteiger charge is 2.35. The monoisotopic (exact) mass is 498 g/mol. The van der Waals surface area contributed by atoms with Crippen LogP contribution in [0.25, 0.3) is 0 Å². The number of halogens is 1. The number of rotatable bonds is 5. The number of anilines is 1. The second-order valence-corrected chi connectivity index (χ2v) is 10.4. The lowest BCUT2D eigenvalue weighted by molar-refractivity contribution is -0.134. The number of piperazine rings is 1. The molecule has 6 heteroatoms. The topological polar surface area (TPSA) is 39.2 Å². The van der Waals surface area contributed by atoms with Gasteiger partial charge in [-0.25, -0.2) is 9.40 Å². The standard InChI is InChI=1S/C31H35FN4O/c1-21-9-10-23(3)26(17-21)30-19-28(25-12-11-22(2)24(4)18-25)33-36(30)31(37)20-34-13-15-35(16-14-34)29-8-6-5-7-27(29)32/h5-12,17-18,30H,13-16,19-20H2,1-4H3/t30-/m0/s1. The number of para-hydroxylation sites is 1. The van der Waals surface area contributed by atoms with E-state index in [2.05, 4.69) is 73.9 Å². The number of aryl methyl sites for hydroxylation is 4. The molecule has 1 amide bonds. The lowest BCUT2D eigenvalue weighted by Gasteiger charge is -2.36. The molecule has 0 radical (unpaired) electrons. The molecule has 2 aliphatic rings. The molecule has 2 heterocycles. The van der Waals surface area contributed by atoms with Gasteiger partial charge in [-0.2, -0.15) is 5.10 Å². The number of carbonyl (C=O) groups excluding carboxylic acids is 1. The molecule has 0 saturated carbocycles. The van der Waals surface area contributed by atoms with Crippen LogP contribution in [-0.2, 0) is 4.79 Å². The van der Waals surface area contributed by atoms with Crippen LogP contribution in [-0.4, -0.2) is 54.3 Å². The van der Waals surface area contributed by atoms with Crippen molar-refractivity contribution in [2.75, 3.05) is 37.6 Å². The number of nitrogens with zero attached hydrogens (tertiary/aromatic N) is 4. The predicted octanol–water partition coefficient (Wildman–Crippen LogP) is 5.56. The molecule has 0 unspecified atom stereocenters. The van der Waals surface area contributed by atoms with Gasteiger partial charge in [0.05, 0.1) is 24.0 Å². The summed E-state index contributed by atoms with van der Waals surface area (Å²) in [5.74, 6) is -0.197. The molecular weight excluding hydrogens is 463 g/mol. The minimum atomic E-state index is -0.200. The van der Waals surface area contributed by atoms with Gasteiger partial charge in [-0.05, 0) is 73.7 Å². The Balaban J connectivity index is 1.35. The summed E-state index contributed by atoms with van der Waals surface area (Å²) in [5.41, 5.74) is 8.63. The first-order valence-corrected chi connectivity index (χ1v) is 13.1. The van der Waals surface area contributed by atoms with Crippen molar-refractivity contribution in [3.05, 3.63) is 99.9 Å². The van der Waals surface area contributed by atoms with Crippen LogP contribution in [0.1, 0.15) is 45.8 Å². The van der Waals surface area contributed by atoms with E-state index in [1.165, 1.54) is 28.3 Å². The molecule has 1 fully saturated rings. The summed E-state index contributed by atoms with van der Waals surface area (Å²) in [6, 6.07) is 19.6. The third-order valence-electron chi connectivity index (χ3n) is 7.72. The molecule has 0 N–H and O–H groups in total. The van der Waals surface area contributed by atoms with Gasteiger partial charge in [-0.1, -0.05) is 48.0 Å². The first-order chi connectivity index (χ1) is 17.8. The molecule has 5 nitrogen and oxygen atoms in total. The van der Waals surface area contributed by atoms with Gasteiger partial charge >= 0.3 is 0 Å². The zero-order valence-corrected chi connectivity index (χ0v) is 22.2. The molecular formula is C31H35FN4O. The van der Waals surface area contributed by atoms with E-state index >= 15 is 0 Å². The molecule has 0 spiro atoms. The van der Waals surface area contributed by atoms with Crippen LogP contribution in [0.4, 0.5) is 10.1 Å². The molecule has 0 bridgehead atoms. The van der Waals surface area contributed by atoms with Crippen LogP contribution in [0, 0.1) is 33.5 Å². The van der Waals surface area contributed by atoms with Gasteiger partial charge in [0.1, 0.15) is 5.82 Å². The fraction of sp³-hybridized carbons (Fsp3) is 0.355. The predicted molar refractivity (Wildman–Crippen MR) is 148 cm³/mol. The molecule has 3 aromatic rings. The zero-order chi connectivity index (χ0) is 26.1. The summed E-state index contributed by atoms with van der Waals surface area (Å²) in [7, 11) is 0. The molecule has 5 rings (SSSR count). The highest BCUT2D eigenvalue weighted by atomic mass is 19.1. The Kier molecular flexibility index (Phi) is 7.11. The van der Waals surface area contributed by atoms with Crippen molar-refractivity contribution in [1.82, 2.24) is 9.91 Å². The maximum atomic E-state index is 14.2. The third-order valence-corrected chi connectivity index (χ3v) is 7.72. The number of hydrogen-bond donors (Lipinski definition) is 0. The molecule has 192 valence electrons. The first-order valence-electron chi connectivity index (χ1n) is 13.1. The number of hydrogen-bond acceptors (Lipinski definition) is 4. The second-order valence-electron chi connectivity index (χ2n) is 10.4. The van der Waals surface area contributed by atoms with Gasteiger partial charge in [0, 0.05) is 32.6 Å². The van der Waals surface area contributed by atoms with Crippen LogP contribution in [0.2, 0.25) is 0 Å². The van der Waals surface area contributed by atoms with E-state index in [4.69, 9.17) is 5.10 Å². The largest absolute Gasteiger partial charge is 0.367 e. The van der Waals surface area contributed by atoms with Crippen molar-refractivity contribution in [1.29, 1.82) is 0 Å². The van der Waals surface area contributed by atoms with E-state index < -0.39 is 0 Å². The van der Waals surface area contributed by atoms with Crippen molar-refractivity contribution >= 4 is 17.3 Å². The number of hydrazone groups is 1. The molecule has 37 heavy (non-hydrogen) atoms. The quantitative estimate of drug-likeness (QED) is 0.462. The van der Waals surface area contributed by atoms with Crippen LogP contribution >= 0.6 is 0 Å². The maximum Gasteiger partial charge on any atom is 0.257 e. The van der Waals surface area contributed by atoms with Crippen molar-refractivity contribution in [2.24, 2.45) is 5.10 Å². The first kappa shape index (κ1) is 25.2. The van der Waals surface area contributed by atoms with E-state index in [0.717, 1.165) is 16.8 Å². The minimum absolute atomic E-state index is 0.00378. The average molecular weight is 499 g/mol. The fourth-order valence-corrected chi connectivity index (χ4v) is 5.32. The van der Waals surface area contributed by atoms with Crippen molar-refractivity contribution in [2.45, 2.75) is 40.2 Å². The molecule has 0 aromatic heterocycles. The Morgan fingerprint density at radius 3 is 2.35 bits per heavy atom. The number of amides is 1. The molecule has 1 saturated heterocycles. The van der Waals surface area contributed by atoms with Gasteiger partial charge in [0.15, 0.2) is 0 Å². The SMILES string of the molecule is Cc1ccc(C)c([C@@H]2CC(c3ccc(C)c(C)c3)=NN2C(=O)CN2CCN(c3ccccc3F)CC2)c1. The van der Waals surface area contributed by atoms with Crippen molar-refractivity contribution in [3.8, 4) is 0 Å². The molecule has 0 aliphatic carbocycles. The number of benzene rings is 3. The summed E-state index contributed by atoms with van der Waals surface area (Å²) >= 11 is 0. The van der Waals surface area contributed by atoms with E-state index in [-0.39, 0.29) is 17.8 Å². The van der Waals surface area contributed by atoms with Gasteiger partial charge < -0.3 is 4.90 Å².